The van der Waals surface area contributed by atoms with Gasteiger partial charge in [0.15, 0.2) is 9.84 Å². The van der Waals surface area contributed by atoms with E-state index in [-0.39, 0.29) is 29.0 Å². The summed E-state index contributed by atoms with van der Waals surface area (Å²) in [4.78, 5) is 17.4. The molecule has 3 rings (SSSR count). The van der Waals surface area contributed by atoms with Crippen LogP contribution in [-0.2, 0) is 21.1 Å². The molecule has 0 saturated carbocycles. The van der Waals surface area contributed by atoms with Crippen molar-refractivity contribution in [3.05, 3.63) is 59.7 Å². The third kappa shape index (κ3) is 5.61. The highest BCUT2D eigenvalue weighted by Crippen LogP contribution is 2.27. The summed E-state index contributed by atoms with van der Waals surface area (Å²) in [6.45, 7) is 4.96. The van der Waals surface area contributed by atoms with Crippen LogP contribution in [0.15, 0.2) is 53.4 Å². The number of nitrogens with zero attached hydrogens (tertiary/aromatic N) is 2. The van der Waals surface area contributed by atoms with E-state index in [1.165, 1.54) is 18.4 Å². The zero-order valence-corrected chi connectivity index (χ0v) is 18.6. The molecule has 162 valence electrons. The predicted octanol–water partition coefficient (Wildman–Crippen LogP) is 2.88. The molecule has 0 aromatic heterocycles. The van der Waals surface area contributed by atoms with Gasteiger partial charge in [-0.1, -0.05) is 31.2 Å². The van der Waals surface area contributed by atoms with Crippen molar-refractivity contribution < 1.29 is 18.3 Å². The van der Waals surface area contributed by atoms with Gasteiger partial charge in [0.25, 0.3) is 0 Å². The summed E-state index contributed by atoms with van der Waals surface area (Å²) in [6, 6.07) is 13.4. The lowest BCUT2D eigenvalue weighted by molar-refractivity contribution is -0.131. The van der Waals surface area contributed by atoms with E-state index in [9.17, 15) is 18.3 Å². The summed E-state index contributed by atoms with van der Waals surface area (Å²) in [5.74, 6) is 0.774. The molecule has 2 aromatic carbocycles. The number of rotatable bonds is 7. The monoisotopic (exact) mass is 430 g/mol. The molecule has 1 fully saturated rings. The fraction of sp³-hybridized carbons (Fsp3) is 0.435. The Labute approximate surface area is 179 Å². The summed E-state index contributed by atoms with van der Waals surface area (Å²) < 4.78 is 23.3. The Morgan fingerprint density at radius 1 is 1.23 bits per heavy atom. The first-order valence-electron chi connectivity index (χ1n) is 10.2. The second-order valence-electron chi connectivity index (χ2n) is 8.36. The molecular weight excluding hydrogens is 400 g/mol. The highest BCUT2D eigenvalue weighted by molar-refractivity contribution is 7.90. The van der Waals surface area contributed by atoms with Crippen molar-refractivity contribution >= 4 is 15.7 Å². The van der Waals surface area contributed by atoms with Crippen LogP contribution >= 0.6 is 0 Å². The van der Waals surface area contributed by atoms with Crippen LogP contribution in [-0.4, -0.2) is 62.2 Å². The second-order valence-corrected chi connectivity index (χ2v) is 10.4. The number of amides is 1. The third-order valence-electron chi connectivity index (χ3n) is 5.76. The Kier molecular flexibility index (Phi) is 6.83. The molecule has 1 saturated heterocycles. The molecule has 1 aliphatic heterocycles. The maximum atomic E-state index is 13.1. The van der Waals surface area contributed by atoms with Crippen molar-refractivity contribution in [2.24, 2.45) is 5.92 Å². The topological polar surface area (TPSA) is 77.9 Å². The number of carbonyl (C=O) groups excluding carboxylic acids is 1. The van der Waals surface area contributed by atoms with Crippen LogP contribution in [0, 0.1) is 5.92 Å². The van der Waals surface area contributed by atoms with Crippen molar-refractivity contribution in [2.75, 3.05) is 32.9 Å². The van der Waals surface area contributed by atoms with Crippen LogP contribution in [0.25, 0.3) is 0 Å². The van der Waals surface area contributed by atoms with Gasteiger partial charge in [0.2, 0.25) is 5.91 Å². The smallest absolute Gasteiger partial charge is 0.227 e. The van der Waals surface area contributed by atoms with E-state index in [0.29, 0.717) is 12.5 Å². The maximum Gasteiger partial charge on any atom is 0.227 e. The molecule has 1 amide bonds. The standard InChI is InChI=1S/C23H30N2O4S/c1-17-11-12-25(15-17)16-22(19-5-4-6-20(26)14-19)24(2)23(27)13-18-7-9-21(10-8-18)30(3,28)29/h4-10,14,17,22,26H,11-13,15-16H2,1-3H3/t17?,22-/m1/s1. The van der Waals surface area contributed by atoms with Gasteiger partial charge in [-0.3, -0.25) is 4.79 Å². The molecule has 1 N–H and O–H groups in total. The van der Waals surface area contributed by atoms with Gasteiger partial charge in [0, 0.05) is 26.4 Å². The van der Waals surface area contributed by atoms with E-state index in [0.717, 1.165) is 30.6 Å². The van der Waals surface area contributed by atoms with E-state index in [2.05, 4.69) is 11.8 Å². The Morgan fingerprint density at radius 3 is 2.50 bits per heavy atom. The maximum absolute atomic E-state index is 13.1. The van der Waals surface area contributed by atoms with Crippen molar-refractivity contribution in [1.29, 1.82) is 0 Å². The van der Waals surface area contributed by atoms with Crippen LogP contribution in [0.4, 0.5) is 0 Å². The fourth-order valence-electron chi connectivity index (χ4n) is 3.95. The lowest BCUT2D eigenvalue weighted by Crippen LogP contribution is -2.39. The molecule has 0 aliphatic carbocycles. The Bertz CT molecular complexity index is 989. The molecule has 1 heterocycles. The summed E-state index contributed by atoms with van der Waals surface area (Å²) in [7, 11) is -1.47. The SMILES string of the molecule is CC1CCN(C[C@H](c2cccc(O)c2)N(C)C(=O)Cc2ccc(S(C)(=O)=O)cc2)C1. The average molecular weight is 431 g/mol. The predicted molar refractivity (Wildman–Crippen MR) is 117 cm³/mol. The van der Waals surface area contributed by atoms with Crippen LogP contribution in [0.3, 0.4) is 0 Å². The van der Waals surface area contributed by atoms with Gasteiger partial charge < -0.3 is 14.9 Å². The van der Waals surface area contributed by atoms with Crippen LogP contribution in [0.1, 0.15) is 30.5 Å². The van der Waals surface area contributed by atoms with Gasteiger partial charge in [-0.15, -0.1) is 0 Å². The van der Waals surface area contributed by atoms with E-state index in [4.69, 9.17) is 0 Å². The van der Waals surface area contributed by atoms with Gasteiger partial charge in [-0.25, -0.2) is 8.42 Å². The van der Waals surface area contributed by atoms with Crippen molar-refractivity contribution in [3.63, 3.8) is 0 Å². The van der Waals surface area contributed by atoms with E-state index < -0.39 is 9.84 Å². The Hall–Kier alpha value is -2.38. The number of likely N-dealkylation sites (N-methyl/N-ethyl adjacent to an activating group) is 1. The zero-order valence-electron chi connectivity index (χ0n) is 17.8. The van der Waals surface area contributed by atoms with Gasteiger partial charge in [0.05, 0.1) is 17.4 Å². The van der Waals surface area contributed by atoms with Crippen molar-refractivity contribution in [3.8, 4) is 5.75 Å². The molecule has 0 radical (unpaired) electrons. The molecule has 1 aliphatic rings. The second kappa shape index (κ2) is 9.18. The minimum absolute atomic E-state index is 0.0531. The van der Waals surface area contributed by atoms with Crippen LogP contribution in [0.2, 0.25) is 0 Å². The molecule has 6 nitrogen and oxygen atoms in total. The molecule has 2 aromatic rings. The molecule has 7 heteroatoms. The first-order valence-corrected chi connectivity index (χ1v) is 12.1. The highest BCUT2D eigenvalue weighted by atomic mass is 32.2. The summed E-state index contributed by atoms with van der Waals surface area (Å²) in [5, 5.41) is 9.95. The minimum atomic E-state index is -3.26. The largest absolute Gasteiger partial charge is 0.508 e. The molecule has 1 unspecified atom stereocenters. The fourth-order valence-corrected chi connectivity index (χ4v) is 4.58. The van der Waals surface area contributed by atoms with Crippen molar-refractivity contribution in [2.45, 2.75) is 30.7 Å². The molecule has 30 heavy (non-hydrogen) atoms. The van der Waals surface area contributed by atoms with Crippen LogP contribution in [0.5, 0.6) is 5.75 Å². The van der Waals surface area contributed by atoms with E-state index in [1.54, 1.807) is 42.3 Å². The van der Waals surface area contributed by atoms with Gasteiger partial charge in [-0.2, -0.15) is 0 Å². The number of sulfone groups is 1. The first kappa shape index (κ1) is 22.3. The Morgan fingerprint density at radius 2 is 1.93 bits per heavy atom. The van der Waals surface area contributed by atoms with Gasteiger partial charge in [-0.05, 0) is 54.3 Å². The molecular formula is C23H30N2O4S. The number of hydrogen-bond donors (Lipinski definition) is 1. The van der Waals surface area contributed by atoms with Crippen LogP contribution < -0.4 is 0 Å². The number of phenols is 1. The highest BCUT2D eigenvalue weighted by Gasteiger charge is 2.27. The Balaban J connectivity index is 1.77. The lowest BCUT2D eigenvalue weighted by Gasteiger charge is -2.32. The third-order valence-corrected chi connectivity index (χ3v) is 6.89. The number of likely N-dealkylation sites (tertiary alicyclic amines) is 1. The van der Waals surface area contributed by atoms with E-state index in [1.807, 2.05) is 6.07 Å². The van der Waals surface area contributed by atoms with Gasteiger partial charge >= 0.3 is 0 Å². The molecule has 2 atom stereocenters. The number of benzene rings is 2. The zero-order chi connectivity index (χ0) is 21.9. The number of phenolic OH excluding ortho intramolecular Hbond substituents is 1. The minimum Gasteiger partial charge on any atom is -0.508 e. The summed E-state index contributed by atoms with van der Waals surface area (Å²) in [5.41, 5.74) is 1.67. The summed E-state index contributed by atoms with van der Waals surface area (Å²) in [6.07, 6.45) is 2.50. The molecule has 0 bridgehead atoms. The van der Waals surface area contributed by atoms with Gasteiger partial charge in [0.1, 0.15) is 5.75 Å². The number of aromatic hydroxyl groups is 1. The number of hydrogen-bond acceptors (Lipinski definition) is 5. The quantitative estimate of drug-likeness (QED) is 0.731. The normalized spacial score (nSPS) is 18.3. The van der Waals surface area contributed by atoms with Crippen molar-refractivity contribution in [1.82, 2.24) is 9.80 Å². The average Bonchev–Trinajstić information content (AvgIpc) is 3.10. The lowest BCUT2D eigenvalue weighted by atomic mass is 10.0. The first-order chi connectivity index (χ1) is 14.1. The van der Waals surface area contributed by atoms with E-state index >= 15 is 0 Å². The molecule has 0 spiro atoms. The summed E-state index contributed by atoms with van der Waals surface area (Å²) >= 11 is 0. The number of carbonyl (C=O) groups is 1.